The monoisotopic (exact) mass is 378 g/mol. The number of pyridine rings is 1. The molecule has 1 aliphatic rings. The normalized spacial score (nSPS) is 13.2. The molecular formula is C20H14N2O4S. The standard InChI is InChI=1S/C20H14N2O4S/c23-19-15-5-1-2-6-16(15)20(24)18-10-14(7-8-17(18)19)27(25,26)22-12-13-4-3-9-21-11-13/h1-11,22H,12H2. The van der Waals surface area contributed by atoms with Gasteiger partial charge in [0, 0.05) is 41.2 Å². The summed E-state index contributed by atoms with van der Waals surface area (Å²) in [6.07, 6.45) is 3.16. The number of nitrogens with zero attached hydrogens (tertiary/aromatic N) is 1. The van der Waals surface area contributed by atoms with Gasteiger partial charge in [-0.25, -0.2) is 13.1 Å². The average Bonchev–Trinajstić information content (AvgIpc) is 2.71. The smallest absolute Gasteiger partial charge is 0.240 e. The molecule has 0 saturated carbocycles. The number of hydrogen-bond acceptors (Lipinski definition) is 5. The maximum atomic E-state index is 12.7. The fraction of sp³-hybridized carbons (Fsp3) is 0.0500. The van der Waals surface area contributed by atoms with Gasteiger partial charge in [-0.15, -0.1) is 0 Å². The predicted molar refractivity (Wildman–Crippen MR) is 98.0 cm³/mol. The van der Waals surface area contributed by atoms with Crippen molar-refractivity contribution in [2.24, 2.45) is 0 Å². The van der Waals surface area contributed by atoms with E-state index < -0.39 is 10.0 Å². The van der Waals surface area contributed by atoms with Crippen molar-refractivity contribution in [3.63, 3.8) is 0 Å². The number of fused-ring (bicyclic) bond motifs is 2. The summed E-state index contributed by atoms with van der Waals surface area (Å²) in [5, 5.41) is 0. The molecule has 7 heteroatoms. The van der Waals surface area contributed by atoms with E-state index in [1.165, 1.54) is 18.2 Å². The van der Waals surface area contributed by atoms with Crippen LogP contribution in [-0.2, 0) is 16.6 Å². The van der Waals surface area contributed by atoms with Gasteiger partial charge in [0.25, 0.3) is 0 Å². The SMILES string of the molecule is O=C1c2ccccc2C(=O)c2cc(S(=O)(=O)NCc3cccnc3)ccc21. The summed E-state index contributed by atoms with van der Waals surface area (Å²) in [6, 6.07) is 14.0. The molecule has 27 heavy (non-hydrogen) atoms. The van der Waals surface area contributed by atoms with Gasteiger partial charge in [-0.1, -0.05) is 30.3 Å². The van der Waals surface area contributed by atoms with Crippen molar-refractivity contribution in [3.05, 3.63) is 94.8 Å². The summed E-state index contributed by atoms with van der Waals surface area (Å²) in [5.41, 5.74) is 1.64. The zero-order valence-corrected chi connectivity index (χ0v) is 14.9. The number of nitrogens with one attached hydrogen (secondary N) is 1. The van der Waals surface area contributed by atoms with Gasteiger partial charge >= 0.3 is 0 Å². The number of aromatic nitrogens is 1. The summed E-state index contributed by atoms with van der Waals surface area (Å²) >= 11 is 0. The molecule has 6 nitrogen and oxygen atoms in total. The van der Waals surface area contributed by atoms with Crippen molar-refractivity contribution >= 4 is 21.6 Å². The van der Waals surface area contributed by atoms with Crippen molar-refractivity contribution in [1.82, 2.24) is 9.71 Å². The lowest BCUT2D eigenvalue weighted by Gasteiger charge is -2.18. The second-order valence-corrected chi connectivity index (χ2v) is 7.86. The van der Waals surface area contributed by atoms with E-state index in [-0.39, 0.29) is 39.7 Å². The Morgan fingerprint density at radius 3 is 2.15 bits per heavy atom. The highest BCUT2D eigenvalue weighted by atomic mass is 32.2. The molecule has 1 aliphatic carbocycles. The maximum absolute atomic E-state index is 12.7. The van der Waals surface area contributed by atoms with E-state index in [9.17, 15) is 18.0 Å². The van der Waals surface area contributed by atoms with Crippen molar-refractivity contribution in [2.75, 3.05) is 0 Å². The van der Waals surface area contributed by atoms with Crippen LogP contribution in [0.2, 0.25) is 0 Å². The van der Waals surface area contributed by atoms with Crippen molar-refractivity contribution in [2.45, 2.75) is 11.4 Å². The van der Waals surface area contributed by atoms with Gasteiger partial charge < -0.3 is 0 Å². The second-order valence-electron chi connectivity index (χ2n) is 6.10. The van der Waals surface area contributed by atoms with E-state index in [2.05, 4.69) is 9.71 Å². The van der Waals surface area contributed by atoms with Crippen LogP contribution >= 0.6 is 0 Å². The van der Waals surface area contributed by atoms with Crippen LogP contribution in [0.4, 0.5) is 0 Å². The van der Waals surface area contributed by atoms with Gasteiger partial charge in [-0.3, -0.25) is 14.6 Å². The van der Waals surface area contributed by atoms with Gasteiger partial charge in [-0.05, 0) is 29.8 Å². The Balaban J connectivity index is 1.68. The van der Waals surface area contributed by atoms with Crippen LogP contribution in [0.3, 0.4) is 0 Å². The Morgan fingerprint density at radius 1 is 0.815 bits per heavy atom. The third-order valence-corrected chi connectivity index (χ3v) is 5.79. The van der Waals surface area contributed by atoms with Gasteiger partial charge in [0.05, 0.1) is 4.90 Å². The highest BCUT2D eigenvalue weighted by Gasteiger charge is 2.30. The van der Waals surface area contributed by atoms with E-state index in [1.54, 1.807) is 48.8 Å². The molecule has 4 rings (SSSR count). The number of sulfonamides is 1. The molecule has 0 saturated heterocycles. The topological polar surface area (TPSA) is 93.2 Å². The first-order valence-electron chi connectivity index (χ1n) is 8.18. The fourth-order valence-corrected chi connectivity index (χ4v) is 4.05. The number of benzene rings is 2. The third kappa shape index (κ3) is 3.07. The number of rotatable bonds is 4. The molecular weight excluding hydrogens is 364 g/mol. The molecule has 3 aromatic rings. The zero-order valence-electron chi connectivity index (χ0n) is 14.0. The lowest BCUT2D eigenvalue weighted by atomic mass is 9.84. The quantitative estimate of drug-likeness (QED) is 0.588. The van der Waals surface area contributed by atoms with E-state index in [4.69, 9.17) is 0 Å². The highest BCUT2D eigenvalue weighted by molar-refractivity contribution is 7.89. The molecule has 1 N–H and O–H groups in total. The lowest BCUT2D eigenvalue weighted by Crippen LogP contribution is -2.25. The summed E-state index contributed by atoms with van der Waals surface area (Å²) in [7, 11) is -3.85. The summed E-state index contributed by atoms with van der Waals surface area (Å²) in [4.78, 5) is 29.2. The van der Waals surface area contributed by atoms with Crippen molar-refractivity contribution < 1.29 is 18.0 Å². The molecule has 0 aliphatic heterocycles. The molecule has 0 spiro atoms. The van der Waals surface area contributed by atoms with Crippen LogP contribution in [0.15, 0.2) is 71.9 Å². The Hall–Kier alpha value is -3.16. The Kier molecular flexibility index (Phi) is 4.18. The molecule has 0 atom stereocenters. The minimum atomic E-state index is -3.85. The van der Waals surface area contributed by atoms with E-state index in [0.29, 0.717) is 11.1 Å². The van der Waals surface area contributed by atoms with Crippen LogP contribution in [0.1, 0.15) is 37.4 Å². The molecule has 0 bridgehead atoms. The minimum Gasteiger partial charge on any atom is -0.289 e. The van der Waals surface area contributed by atoms with Crippen LogP contribution in [-0.4, -0.2) is 25.0 Å². The Morgan fingerprint density at radius 2 is 1.48 bits per heavy atom. The minimum absolute atomic E-state index is 0.0642. The summed E-state index contributed by atoms with van der Waals surface area (Å²) in [5.74, 6) is -0.642. The summed E-state index contributed by atoms with van der Waals surface area (Å²) < 4.78 is 27.7. The zero-order chi connectivity index (χ0) is 19.0. The first-order chi connectivity index (χ1) is 13.0. The van der Waals surface area contributed by atoms with Crippen LogP contribution in [0, 0.1) is 0 Å². The van der Waals surface area contributed by atoms with Gasteiger partial charge in [0.15, 0.2) is 11.6 Å². The Bertz CT molecular complexity index is 1170. The molecule has 0 amide bonds. The first-order valence-corrected chi connectivity index (χ1v) is 9.67. The average molecular weight is 378 g/mol. The summed E-state index contributed by atoms with van der Waals surface area (Å²) in [6.45, 7) is 0.0724. The van der Waals surface area contributed by atoms with Crippen molar-refractivity contribution in [1.29, 1.82) is 0 Å². The molecule has 0 radical (unpaired) electrons. The number of carbonyl (C=O) groups excluding carboxylic acids is 2. The van der Waals surface area contributed by atoms with Gasteiger partial charge in [0.1, 0.15) is 0 Å². The first kappa shape index (κ1) is 17.3. The third-order valence-electron chi connectivity index (χ3n) is 4.40. The van der Waals surface area contributed by atoms with Crippen LogP contribution < -0.4 is 4.72 Å². The Labute approximate surface area is 155 Å². The van der Waals surface area contributed by atoms with Crippen LogP contribution in [0.25, 0.3) is 0 Å². The van der Waals surface area contributed by atoms with Crippen LogP contribution in [0.5, 0.6) is 0 Å². The fourth-order valence-electron chi connectivity index (χ4n) is 3.01. The number of hydrogen-bond donors (Lipinski definition) is 1. The second kappa shape index (κ2) is 6.53. The molecule has 0 unspecified atom stereocenters. The molecule has 2 aromatic carbocycles. The molecule has 0 fully saturated rings. The van der Waals surface area contributed by atoms with Gasteiger partial charge in [-0.2, -0.15) is 0 Å². The van der Waals surface area contributed by atoms with E-state index >= 15 is 0 Å². The highest BCUT2D eigenvalue weighted by Crippen LogP contribution is 2.28. The number of carbonyl (C=O) groups is 2. The maximum Gasteiger partial charge on any atom is 0.240 e. The largest absolute Gasteiger partial charge is 0.289 e. The molecule has 134 valence electrons. The molecule has 1 aromatic heterocycles. The van der Waals surface area contributed by atoms with E-state index in [1.807, 2.05) is 0 Å². The van der Waals surface area contributed by atoms with E-state index in [0.717, 1.165) is 0 Å². The van der Waals surface area contributed by atoms with Crippen molar-refractivity contribution in [3.8, 4) is 0 Å². The molecule has 1 heterocycles. The van der Waals surface area contributed by atoms with Gasteiger partial charge in [0.2, 0.25) is 10.0 Å². The predicted octanol–water partition coefficient (Wildman–Crippen LogP) is 2.34. The lowest BCUT2D eigenvalue weighted by molar-refractivity contribution is 0.0979. The number of ketones is 2.